The Morgan fingerprint density at radius 2 is 1.90 bits per heavy atom. The Morgan fingerprint density at radius 1 is 1.33 bits per heavy atom. The van der Waals surface area contributed by atoms with Crippen LogP contribution in [0.15, 0.2) is 0 Å². The summed E-state index contributed by atoms with van der Waals surface area (Å²) in [6, 6.07) is 0. The lowest BCUT2D eigenvalue weighted by atomic mass is 9.91. The van der Waals surface area contributed by atoms with Crippen LogP contribution in [0.1, 0.15) is 49.5 Å². The van der Waals surface area contributed by atoms with Gasteiger partial charge < -0.3 is 10.0 Å². The first-order chi connectivity index (χ1) is 9.45. The zero-order valence-electron chi connectivity index (χ0n) is 12.4. The van der Waals surface area contributed by atoms with Crippen LogP contribution in [-0.4, -0.2) is 35.3 Å². The van der Waals surface area contributed by atoms with E-state index in [-0.39, 0.29) is 16.6 Å². The number of carboxylic acids is 1. The third-order valence-electron chi connectivity index (χ3n) is 2.65. The Morgan fingerprint density at radius 3 is 2.24 bits per heavy atom. The highest BCUT2D eigenvalue weighted by Crippen LogP contribution is 2.35. The highest BCUT2D eigenvalue weighted by atomic mass is 32.1. The molecular weight excluding hydrogens is 305 g/mol. The van der Waals surface area contributed by atoms with Gasteiger partial charge in [0, 0.05) is 12.0 Å². The first-order valence-electron chi connectivity index (χ1n) is 6.52. The molecule has 0 unspecified atom stereocenters. The Kier molecular flexibility index (Phi) is 5.25. The Balaban J connectivity index is 3.24. The molecule has 0 bridgehead atoms. The van der Waals surface area contributed by atoms with Gasteiger partial charge in [-0.05, 0) is 6.42 Å². The van der Waals surface area contributed by atoms with Crippen LogP contribution >= 0.6 is 11.3 Å². The molecule has 1 heterocycles. The minimum Gasteiger partial charge on any atom is -0.477 e. The van der Waals surface area contributed by atoms with E-state index in [0.29, 0.717) is 12.1 Å². The third kappa shape index (κ3) is 4.87. The minimum absolute atomic E-state index is 0.000720. The molecule has 0 aliphatic rings. The topological polar surface area (TPSA) is 53.4 Å². The van der Waals surface area contributed by atoms with Crippen LogP contribution in [0.2, 0.25) is 0 Å². The smallest absolute Gasteiger partial charge is 0.406 e. The molecule has 21 heavy (non-hydrogen) atoms. The summed E-state index contributed by atoms with van der Waals surface area (Å²) in [5.41, 5.74) is -0.225. The third-order valence-corrected chi connectivity index (χ3v) is 3.76. The van der Waals surface area contributed by atoms with Crippen LogP contribution in [0.5, 0.6) is 0 Å². The van der Waals surface area contributed by atoms with Gasteiger partial charge in [0.25, 0.3) is 0 Å². The number of carboxylic acid groups (broad SMARTS) is 1. The number of rotatable bonds is 5. The summed E-state index contributed by atoms with van der Waals surface area (Å²) in [6.45, 7) is 6.16. The van der Waals surface area contributed by atoms with E-state index >= 15 is 0 Å². The molecule has 0 saturated carbocycles. The maximum Gasteiger partial charge on any atom is 0.406 e. The zero-order valence-corrected chi connectivity index (χ0v) is 13.2. The Bertz CT molecular complexity index is 506. The normalized spacial score (nSPS) is 12.5. The summed E-state index contributed by atoms with van der Waals surface area (Å²) in [4.78, 5) is 16.5. The molecule has 4 nitrogen and oxygen atoms in total. The van der Waals surface area contributed by atoms with Crippen LogP contribution < -0.4 is 4.90 Å². The van der Waals surface area contributed by atoms with Gasteiger partial charge in [-0.25, -0.2) is 9.78 Å². The van der Waals surface area contributed by atoms with E-state index < -0.39 is 24.1 Å². The molecule has 120 valence electrons. The molecule has 1 aromatic heterocycles. The number of aromatic carboxylic acids is 1. The molecule has 0 saturated heterocycles. The molecule has 0 fully saturated rings. The van der Waals surface area contributed by atoms with Crippen molar-refractivity contribution in [1.29, 1.82) is 0 Å². The van der Waals surface area contributed by atoms with Crippen molar-refractivity contribution in [2.45, 2.75) is 45.7 Å². The predicted molar refractivity (Wildman–Crippen MR) is 76.3 cm³/mol. The number of carbonyl (C=O) groups is 1. The lowest BCUT2D eigenvalue weighted by Gasteiger charge is -2.22. The van der Waals surface area contributed by atoms with E-state index in [1.54, 1.807) is 27.7 Å². The van der Waals surface area contributed by atoms with Crippen LogP contribution in [0.25, 0.3) is 0 Å². The van der Waals surface area contributed by atoms with E-state index in [9.17, 15) is 23.1 Å². The highest BCUT2D eigenvalue weighted by molar-refractivity contribution is 7.17. The van der Waals surface area contributed by atoms with Gasteiger partial charge in [0.15, 0.2) is 5.13 Å². The molecule has 0 spiro atoms. The van der Waals surface area contributed by atoms with Gasteiger partial charge in [-0.15, -0.1) is 0 Å². The van der Waals surface area contributed by atoms with Gasteiger partial charge in [-0.3, -0.25) is 0 Å². The molecule has 0 aliphatic heterocycles. The molecule has 0 radical (unpaired) electrons. The fourth-order valence-corrected chi connectivity index (χ4v) is 2.97. The van der Waals surface area contributed by atoms with Gasteiger partial charge >= 0.3 is 12.1 Å². The summed E-state index contributed by atoms with van der Waals surface area (Å²) < 4.78 is 37.9. The standard InChI is InChI=1S/C13H19F3N2O2S/c1-5-6-18(7-13(14,15)16)11-17-9(12(2,3)4)8(21-11)10(19)20/h5-7H2,1-4H3,(H,19,20). The summed E-state index contributed by atoms with van der Waals surface area (Å²) in [5, 5.41) is 9.32. The fraction of sp³-hybridized carbons (Fsp3) is 0.692. The molecule has 8 heteroatoms. The van der Waals surface area contributed by atoms with Crippen molar-refractivity contribution >= 4 is 22.4 Å². The van der Waals surface area contributed by atoms with Crippen molar-refractivity contribution in [3.63, 3.8) is 0 Å². The van der Waals surface area contributed by atoms with Crippen LogP contribution in [0, 0.1) is 0 Å². The zero-order chi connectivity index (χ0) is 16.4. The number of anilines is 1. The molecule has 0 amide bonds. The van der Waals surface area contributed by atoms with Gasteiger partial charge in [0.1, 0.15) is 11.4 Å². The van der Waals surface area contributed by atoms with Crippen molar-refractivity contribution in [2.75, 3.05) is 18.0 Å². The average Bonchev–Trinajstić information content (AvgIpc) is 2.70. The number of hydrogen-bond donors (Lipinski definition) is 1. The second-order valence-electron chi connectivity index (χ2n) is 5.77. The molecule has 1 N–H and O–H groups in total. The van der Waals surface area contributed by atoms with Gasteiger partial charge in [0.05, 0.1) is 5.69 Å². The lowest BCUT2D eigenvalue weighted by molar-refractivity contribution is -0.119. The number of thiazole rings is 1. The number of alkyl halides is 3. The summed E-state index contributed by atoms with van der Waals surface area (Å²) in [6.07, 6.45) is -3.84. The monoisotopic (exact) mass is 324 g/mol. The van der Waals surface area contributed by atoms with Gasteiger partial charge in [-0.1, -0.05) is 39.0 Å². The highest BCUT2D eigenvalue weighted by Gasteiger charge is 2.34. The Labute approximate surface area is 125 Å². The molecule has 0 aliphatic carbocycles. The lowest BCUT2D eigenvalue weighted by Crippen LogP contribution is -2.34. The molecule has 0 aromatic carbocycles. The van der Waals surface area contributed by atoms with Gasteiger partial charge in [-0.2, -0.15) is 13.2 Å². The van der Waals surface area contributed by atoms with E-state index in [2.05, 4.69) is 4.98 Å². The fourth-order valence-electron chi connectivity index (χ4n) is 1.83. The van der Waals surface area contributed by atoms with Crippen LogP contribution in [0.4, 0.5) is 18.3 Å². The van der Waals surface area contributed by atoms with Crippen LogP contribution in [0.3, 0.4) is 0 Å². The van der Waals surface area contributed by atoms with Crippen molar-refractivity contribution in [3.8, 4) is 0 Å². The van der Waals surface area contributed by atoms with E-state index in [0.717, 1.165) is 16.2 Å². The number of nitrogens with zero attached hydrogens (tertiary/aromatic N) is 2. The maximum absolute atomic E-state index is 12.6. The number of hydrogen-bond acceptors (Lipinski definition) is 4. The van der Waals surface area contributed by atoms with Crippen molar-refractivity contribution in [2.24, 2.45) is 0 Å². The van der Waals surface area contributed by atoms with E-state index in [1.165, 1.54) is 0 Å². The van der Waals surface area contributed by atoms with Crippen LogP contribution in [-0.2, 0) is 5.41 Å². The van der Waals surface area contributed by atoms with Crippen molar-refractivity contribution < 1.29 is 23.1 Å². The second-order valence-corrected chi connectivity index (χ2v) is 6.74. The van der Waals surface area contributed by atoms with Crippen molar-refractivity contribution in [3.05, 3.63) is 10.6 Å². The number of halogens is 3. The quantitative estimate of drug-likeness (QED) is 0.892. The largest absolute Gasteiger partial charge is 0.477 e. The van der Waals surface area contributed by atoms with E-state index in [4.69, 9.17) is 0 Å². The van der Waals surface area contributed by atoms with E-state index in [1.807, 2.05) is 0 Å². The molecular formula is C13H19F3N2O2S. The summed E-state index contributed by atoms with van der Waals surface area (Å²) >= 11 is 0.798. The van der Waals surface area contributed by atoms with Crippen molar-refractivity contribution in [1.82, 2.24) is 4.98 Å². The molecule has 1 rings (SSSR count). The maximum atomic E-state index is 12.6. The average molecular weight is 324 g/mol. The Hall–Kier alpha value is -1.31. The summed E-state index contributed by atoms with van der Waals surface area (Å²) in [5.74, 6) is -1.16. The summed E-state index contributed by atoms with van der Waals surface area (Å²) in [7, 11) is 0. The first kappa shape index (κ1) is 17.7. The SMILES string of the molecule is CCCN(CC(F)(F)F)c1nc(C(C)(C)C)c(C(=O)O)s1. The number of aromatic nitrogens is 1. The molecule has 1 aromatic rings. The minimum atomic E-state index is -4.36. The van der Waals surface area contributed by atoms with Gasteiger partial charge in [0.2, 0.25) is 0 Å². The first-order valence-corrected chi connectivity index (χ1v) is 7.33. The second kappa shape index (κ2) is 6.21. The molecule has 0 atom stereocenters. The predicted octanol–water partition coefficient (Wildman–Crippen LogP) is 3.92.